The van der Waals surface area contributed by atoms with Crippen LogP contribution in [0.3, 0.4) is 0 Å². The van der Waals surface area contributed by atoms with Crippen LogP contribution < -0.4 is 11.5 Å². The summed E-state index contributed by atoms with van der Waals surface area (Å²) in [4.78, 5) is 23.9. The molecular formula is C13H26N2O3S2. The molecule has 0 saturated carbocycles. The van der Waals surface area contributed by atoms with Crippen molar-refractivity contribution in [1.29, 1.82) is 0 Å². The van der Waals surface area contributed by atoms with E-state index < -0.39 is 23.0 Å². The fraction of sp³-hybridized carbons (Fsp3) is 0.846. The van der Waals surface area contributed by atoms with Crippen LogP contribution in [0.5, 0.6) is 0 Å². The Morgan fingerprint density at radius 2 is 1.45 bits per heavy atom. The van der Waals surface area contributed by atoms with E-state index in [-0.39, 0.29) is 0 Å². The van der Waals surface area contributed by atoms with E-state index in [4.69, 9.17) is 16.2 Å². The van der Waals surface area contributed by atoms with Crippen molar-refractivity contribution in [2.75, 3.05) is 23.0 Å². The van der Waals surface area contributed by atoms with Gasteiger partial charge in [-0.1, -0.05) is 13.8 Å². The van der Waals surface area contributed by atoms with Crippen LogP contribution in [-0.2, 0) is 14.3 Å². The van der Waals surface area contributed by atoms with Gasteiger partial charge in [0, 0.05) is 11.5 Å². The minimum atomic E-state index is -1.18. The summed E-state index contributed by atoms with van der Waals surface area (Å²) in [6.07, 6.45) is 1.00. The summed E-state index contributed by atoms with van der Waals surface area (Å²) in [6.45, 7) is 7.15. The van der Waals surface area contributed by atoms with Crippen LogP contribution in [0.4, 0.5) is 0 Å². The number of thioether (sulfide) groups is 2. The number of nitrogens with two attached hydrogens (primary N) is 2. The van der Waals surface area contributed by atoms with Gasteiger partial charge in [-0.25, -0.2) is 9.59 Å². The van der Waals surface area contributed by atoms with Crippen LogP contribution in [0.15, 0.2) is 0 Å². The number of hydrogen-bond acceptors (Lipinski definition) is 7. The third-order valence-corrected chi connectivity index (χ3v) is 5.19. The maximum atomic E-state index is 11.9. The molecule has 0 heterocycles. The van der Waals surface area contributed by atoms with Gasteiger partial charge in [-0.3, -0.25) is 0 Å². The Balaban J connectivity index is 4.46. The molecular weight excluding hydrogens is 296 g/mol. The predicted molar refractivity (Wildman–Crippen MR) is 86.9 cm³/mol. The molecule has 7 heteroatoms. The van der Waals surface area contributed by atoms with Crippen molar-refractivity contribution in [1.82, 2.24) is 0 Å². The van der Waals surface area contributed by atoms with Gasteiger partial charge >= 0.3 is 11.9 Å². The molecule has 0 fully saturated rings. The highest BCUT2D eigenvalue weighted by molar-refractivity contribution is 7.99. The zero-order valence-electron chi connectivity index (χ0n) is 12.7. The average Bonchev–Trinajstić information content (AvgIpc) is 2.36. The van der Waals surface area contributed by atoms with Gasteiger partial charge in [0.05, 0.1) is 0 Å². The van der Waals surface area contributed by atoms with Crippen molar-refractivity contribution >= 4 is 35.5 Å². The molecule has 0 aromatic rings. The van der Waals surface area contributed by atoms with E-state index in [0.717, 1.165) is 17.9 Å². The van der Waals surface area contributed by atoms with Crippen molar-refractivity contribution in [3.63, 3.8) is 0 Å². The molecule has 118 valence electrons. The molecule has 0 spiro atoms. The monoisotopic (exact) mass is 322 g/mol. The van der Waals surface area contributed by atoms with Crippen LogP contribution in [-0.4, -0.2) is 46.0 Å². The van der Waals surface area contributed by atoms with Crippen LogP contribution in [0.2, 0.25) is 0 Å². The molecule has 5 nitrogen and oxygen atoms in total. The largest absolute Gasteiger partial charge is 0.390 e. The van der Waals surface area contributed by atoms with E-state index in [0.29, 0.717) is 11.5 Å². The van der Waals surface area contributed by atoms with Gasteiger partial charge in [0.25, 0.3) is 0 Å². The van der Waals surface area contributed by atoms with Gasteiger partial charge < -0.3 is 16.2 Å². The molecule has 20 heavy (non-hydrogen) atoms. The van der Waals surface area contributed by atoms with Gasteiger partial charge in [-0.05, 0) is 31.8 Å². The van der Waals surface area contributed by atoms with E-state index in [9.17, 15) is 9.59 Å². The Hall–Kier alpha value is -0.240. The highest BCUT2D eigenvalue weighted by Crippen LogP contribution is 2.16. The maximum Gasteiger partial charge on any atom is 0.334 e. The SMILES string of the molecule is CCCSC[C@](C)(N)C(=O)OC(=O)[C@@](C)(N)CSCC. The minimum absolute atomic E-state index is 0.404. The van der Waals surface area contributed by atoms with Crippen LogP contribution >= 0.6 is 23.5 Å². The van der Waals surface area contributed by atoms with Crippen LogP contribution in [0.25, 0.3) is 0 Å². The number of carbonyl (C=O) groups excluding carboxylic acids is 2. The quantitative estimate of drug-likeness (QED) is 0.376. The highest BCUT2D eigenvalue weighted by atomic mass is 32.2. The zero-order chi connectivity index (χ0) is 15.8. The topological polar surface area (TPSA) is 95.4 Å². The molecule has 0 saturated heterocycles. The molecule has 0 unspecified atom stereocenters. The van der Waals surface area contributed by atoms with Gasteiger partial charge in [-0.15, -0.1) is 0 Å². The Labute approximate surface area is 129 Å². The second-order valence-corrected chi connectivity index (χ2v) is 7.58. The lowest BCUT2D eigenvalue weighted by Gasteiger charge is -2.25. The van der Waals surface area contributed by atoms with E-state index in [2.05, 4.69) is 0 Å². The van der Waals surface area contributed by atoms with Gasteiger partial charge in [0.15, 0.2) is 0 Å². The third kappa shape index (κ3) is 6.97. The summed E-state index contributed by atoms with van der Waals surface area (Å²) >= 11 is 3.09. The molecule has 0 aliphatic rings. The third-order valence-electron chi connectivity index (χ3n) is 2.47. The van der Waals surface area contributed by atoms with Gasteiger partial charge in [-0.2, -0.15) is 23.5 Å². The Kier molecular flexibility index (Phi) is 8.81. The zero-order valence-corrected chi connectivity index (χ0v) is 14.4. The summed E-state index contributed by atoms with van der Waals surface area (Å²) in [5.41, 5.74) is 9.41. The molecule has 0 aromatic carbocycles. The lowest BCUT2D eigenvalue weighted by Crippen LogP contribution is -2.54. The second kappa shape index (κ2) is 8.92. The van der Waals surface area contributed by atoms with E-state index in [1.54, 1.807) is 25.6 Å². The minimum Gasteiger partial charge on any atom is -0.390 e. The molecule has 0 aliphatic carbocycles. The molecule has 0 aromatic heterocycles. The molecule has 0 amide bonds. The highest BCUT2D eigenvalue weighted by Gasteiger charge is 2.37. The summed E-state index contributed by atoms with van der Waals surface area (Å²) < 4.78 is 4.85. The van der Waals surface area contributed by atoms with Crippen molar-refractivity contribution < 1.29 is 14.3 Å². The lowest BCUT2D eigenvalue weighted by molar-refractivity contribution is -0.165. The van der Waals surface area contributed by atoms with E-state index in [1.807, 2.05) is 13.8 Å². The predicted octanol–water partition coefficient (Wildman–Crippen LogP) is 1.39. The summed E-state index contributed by atoms with van der Waals surface area (Å²) in [5.74, 6) is 1.13. The fourth-order valence-electron chi connectivity index (χ4n) is 1.18. The first-order chi connectivity index (χ1) is 9.17. The molecule has 0 rings (SSSR count). The number of carbonyl (C=O) groups is 2. The number of hydrogen-bond donors (Lipinski definition) is 2. The van der Waals surface area contributed by atoms with Gasteiger partial charge in [0.2, 0.25) is 0 Å². The van der Waals surface area contributed by atoms with Crippen molar-refractivity contribution in [2.24, 2.45) is 11.5 Å². The standard InChI is InChI=1S/C13H26N2O3S2/c1-5-7-20-9-13(4,15)11(17)18-10(16)12(3,14)8-19-6-2/h5-9,14-15H2,1-4H3/t12-,13-/m0/s1. The smallest absolute Gasteiger partial charge is 0.334 e. The lowest BCUT2D eigenvalue weighted by atomic mass is 10.1. The van der Waals surface area contributed by atoms with E-state index in [1.165, 1.54) is 11.8 Å². The van der Waals surface area contributed by atoms with Crippen molar-refractivity contribution in [2.45, 2.75) is 45.2 Å². The molecule has 4 N–H and O–H groups in total. The van der Waals surface area contributed by atoms with Crippen molar-refractivity contribution in [3.05, 3.63) is 0 Å². The summed E-state index contributed by atoms with van der Waals surface area (Å²) in [5, 5.41) is 0. The number of esters is 2. The maximum absolute atomic E-state index is 11.9. The van der Waals surface area contributed by atoms with E-state index >= 15 is 0 Å². The number of rotatable bonds is 9. The first kappa shape index (κ1) is 19.8. The molecule has 0 aliphatic heterocycles. The fourth-order valence-corrected chi connectivity index (χ4v) is 2.90. The summed E-state index contributed by atoms with van der Waals surface area (Å²) in [6, 6.07) is 0. The molecule has 2 atom stereocenters. The Bertz CT molecular complexity index is 334. The normalized spacial score (nSPS) is 17.1. The first-order valence-electron chi connectivity index (χ1n) is 6.67. The molecule has 0 radical (unpaired) electrons. The second-order valence-electron chi connectivity index (χ2n) is 5.20. The number of ether oxygens (including phenoxy) is 1. The van der Waals surface area contributed by atoms with Gasteiger partial charge in [0.1, 0.15) is 11.1 Å². The Morgan fingerprint density at radius 3 is 1.85 bits per heavy atom. The van der Waals surface area contributed by atoms with Crippen LogP contribution in [0, 0.1) is 0 Å². The van der Waals surface area contributed by atoms with Crippen LogP contribution in [0.1, 0.15) is 34.1 Å². The van der Waals surface area contributed by atoms with Crippen molar-refractivity contribution in [3.8, 4) is 0 Å². The average molecular weight is 322 g/mol. The Morgan fingerprint density at radius 1 is 1.00 bits per heavy atom. The first-order valence-corrected chi connectivity index (χ1v) is 8.98. The summed E-state index contributed by atoms with van der Waals surface area (Å²) in [7, 11) is 0. The molecule has 0 bridgehead atoms.